The number of aromatic amines is 1. The van der Waals surface area contributed by atoms with E-state index in [4.69, 9.17) is 10.2 Å². The van der Waals surface area contributed by atoms with E-state index in [0.29, 0.717) is 57.9 Å². The number of carbonyl (C=O) groups is 1. The van der Waals surface area contributed by atoms with E-state index >= 15 is 0 Å². The van der Waals surface area contributed by atoms with Crippen molar-refractivity contribution in [1.29, 1.82) is 0 Å². The molecule has 0 unspecified atom stereocenters. The molecule has 0 saturated heterocycles. The lowest BCUT2D eigenvalue weighted by Crippen LogP contribution is -2.19. The fraction of sp³-hybridized carbons (Fsp3) is 0.333. The number of aromatic nitrogens is 4. The largest absolute Gasteiger partial charge is 0.442 e. The second-order valence-corrected chi connectivity index (χ2v) is 8.10. The Morgan fingerprint density at radius 1 is 1.30 bits per heavy atom. The third-order valence-corrected chi connectivity index (χ3v) is 5.52. The Bertz CT molecular complexity index is 1300. The highest BCUT2D eigenvalue weighted by atomic mass is 19.1. The van der Waals surface area contributed by atoms with E-state index in [0.717, 1.165) is 18.7 Å². The molecule has 30 heavy (non-hydrogen) atoms. The van der Waals surface area contributed by atoms with Crippen molar-refractivity contribution in [2.45, 2.75) is 45.1 Å². The molecular formula is C21H21FN6O2. The molecule has 8 nitrogen and oxygen atoms in total. The number of nitrogens with two attached hydrogens (primary N) is 1. The van der Waals surface area contributed by atoms with Crippen LogP contribution in [0.4, 0.5) is 10.2 Å². The third kappa shape index (κ3) is 3.26. The van der Waals surface area contributed by atoms with Gasteiger partial charge in [-0.25, -0.2) is 14.4 Å². The highest BCUT2D eigenvalue weighted by Crippen LogP contribution is 2.40. The predicted molar refractivity (Wildman–Crippen MR) is 110 cm³/mol. The zero-order valence-electron chi connectivity index (χ0n) is 16.7. The van der Waals surface area contributed by atoms with Crippen LogP contribution in [0, 0.1) is 12.7 Å². The molecule has 1 saturated carbocycles. The van der Waals surface area contributed by atoms with E-state index in [9.17, 15) is 9.18 Å². The Kier molecular flexibility index (Phi) is 4.02. The lowest BCUT2D eigenvalue weighted by molar-refractivity contribution is 0.1000. The van der Waals surface area contributed by atoms with Crippen LogP contribution in [0.5, 0.6) is 0 Å². The van der Waals surface area contributed by atoms with Gasteiger partial charge < -0.3 is 20.5 Å². The first-order valence-corrected chi connectivity index (χ1v) is 9.83. The number of H-pyrrole nitrogens is 1. The van der Waals surface area contributed by atoms with Gasteiger partial charge in [0.05, 0.1) is 22.0 Å². The standard InChI is InChI=1S/C21H21FN6O2/c1-10-16(18(23)29)17-19(28-21(2)7-8-21)26-15(27-20(17)30-10)6-5-14-24-12-4-3-11(22)9-13(12)25-14/h3-4,9H,5-8H2,1-2H3,(H2,23,29)(H,24,25)(H,26,27,28). The Morgan fingerprint density at radius 3 is 2.83 bits per heavy atom. The number of fused-ring (bicyclic) bond motifs is 2. The van der Waals surface area contributed by atoms with Gasteiger partial charge >= 0.3 is 0 Å². The molecule has 0 spiro atoms. The smallest absolute Gasteiger partial charge is 0.253 e. The maximum atomic E-state index is 13.4. The average Bonchev–Trinajstić information content (AvgIpc) is 3.10. The number of benzene rings is 1. The van der Waals surface area contributed by atoms with Crippen LogP contribution >= 0.6 is 0 Å². The summed E-state index contributed by atoms with van der Waals surface area (Å²) in [5, 5.41) is 3.95. The number of aryl methyl sites for hydroxylation is 3. The summed E-state index contributed by atoms with van der Waals surface area (Å²) < 4.78 is 19.1. The molecule has 154 valence electrons. The number of imidazole rings is 1. The molecule has 0 aliphatic heterocycles. The maximum absolute atomic E-state index is 13.4. The molecule has 1 aliphatic carbocycles. The number of nitrogens with one attached hydrogen (secondary N) is 2. The van der Waals surface area contributed by atoms with E-state index in [1.54, 1.807) is 13.0 Å². The molecule has 1 amide bonds. The van der Waals surface area contributed by atoms with Crippen molar-refractivity contribution in [2.75, 3.05) is 5.32 Å². The highest BCUT2D eigenvalue weighted by Gasteiger charge is 2.38. The average molecular weight is 408 g/mol. The molecule has 3 aromatic heterocycles. The topological polar surface area (TPSA) is 123 Å². The number of halogens is 1. The molecule has 3 heterocycles. The first-order chi connectivity index (χ1) is 14.3. The Morgan fingerprint density at radius 2 is 2.10 bits per heavy atom. The number of furan rings is 1. The van der Waals surface area contributed by atoms with Gasteiger partial charge in [0.1, 0.15) is 29.0 Å². The molecule has 0 radical (unpaired) electrons. The molecule has 1 fully saturated rings. The summed E-state index contributed by atoms with van der Waals surface area (Å²) in [5.74, 6) is 1.39. The minimum atomic E-state index is -0.568. The normalized spacial score (nSPS) is 15.0. The van der Waals surface area contributed by atoms with Gasteiger partial charge in [0.15, 0.2) is 0 Å². The third-order valence-electron chi connectivity index (χ3n) is 5.52. The van der Waals surface area contributed by atoms with Gasteiger partial charge in [-0.05, 0) is 44.9 Å². The molecule has 0 bridgehead atoms. The SMILES string of the molecule is Cc1oc2nc(CCc3nc4ccc(F)cc4[nH]3)nc(NC3(C)CC3)c2c1C(N)=O. The number of nitrogens with zero attached hydrogens (tertiary/aromatic N) is 3. The Hall–Kier alpha value is -3.49. The van der Waals surface area contributed by atoms with Crippen LogP contribution in [0.25, 0.3) is 22.1 Å². The number of amides is 1. The number of hydrogen-bond donors (Lipinski definition) is 3. The van der Waals surface area contributed by atoms with Gasteiger partial charge in [-0.1, -0.05) is 0 Å². The number of carbonyl (C=O) groups excluding carboxylic acids is 1. The summed E-state index contributed by atoms with van der Waals surface area (Å²) in [5.41, 5.74) is 7.52. The van der Waals surface area contributed by atoms with Gasteiger partial charge in [0.2, 0.25) is 5.71 Å². The first-order valence-electron chi connectivity index (χ1n) is 9.83. The molecule has 4 aromatic rings. The van der Waals surface area contributed by atoms with Gasteiger partial charge in [-0.15, -0.1) is 0 Å². The molecule has 5 rings (SSSR count). The van der Waals surface area contributed by atoms with Crippen molar-refractivity contribution in [1.82, 2.24) is 19.9 Å². The van der Waals surface area contributed by atoms with E-state index in [1.807, 2.05) is 0 Å². The fourth-order valence-electron chi connectivity index (χ4n) is 3.64. The summed E-state index contributed by atoms with van der Waals surface area (Å²) in [7, 11) is 0. The van der Waals surface area contributed by atoms with Crippen molar-refractivity contribution in [3.63, 3.8) is 0 Å². The number of rotatable bonds is 6. The zero-order valence-corrected chi connectivity index (χ0v) is 16.7. The molecule has 4 N–H and O–H groups in total. The van der Waals surface area contributed by atoms with Crippen molar-refractivity contribution < 1.29 is 13.6 Å². The maximum Gasteiger partial charge on any atom is 0.253 e. The highest BCUT2D eigenvalue weighted by molar-refractivity contribution is 6.09. The lowest BCUT2D eigenvalue weighted by Gasteiger charge is -2.14. The first kappa shape index (κ1) is 18.5. The molecule has 0 atom stereocenters. The van der Waals surface area contributed by atoms with Crippen LogP contribution in [0.2, 0.25) is 0 Å². The van der Waals surface area contributed by atoms with E-state index in [2.05, 4.69) is 32.2 Å². The van der Waals surface area contributed by atoms with E-state index in [1.165, 1.54) is 12.1 Å². The summed E-state index contributed by atoms with van der Waals surface area (Å²) in [4.78, 5) is 28.8. The molecular weight excluding hydrogens is 387 g/mol. The molecule has 1 aliphatic rings. The van der Waals surface area contributed by atoms with Crippen molar-refractivity contribution in [3.8, 4) is 0 Å². The van der Waals surface area contributed by atoms with Crippen molar-refractivity contribution >= 4 is 33.9 Å². The van der Waals surface area contributed by atoms with Gasteiger partial charge in [0, 0.05) is 18.4 Å². The molecule has 9 heteroatoms. The van der Waals surface area contributed by atoms with Gasteiger partial charge in [0.25, 0.3) is 5.91 Å². The van der Waals surface area contributed by atoms with Gasteiger partial charge in [-0.2, -0.15) is 4.98 Å². The van der Waals surface area contributed by atoms with Crippen LogP contribution in [0.1, 0.15) is 47.5 Å². The second kappa shape index (κ2) is 6.51. The molecule has 1 aromatic carbocycles. The van der Waals surface area contributed by atoms with Crippen LogP contribution in [0.15, 0.2) is 22.6 Å². The van der Waals surface area contributed by atoms with E-state index in [-0.39, 0.29) is 11.4 Å². The van der Waals surface area contributed by atoms with Crippen LogP contribution in [-0.4, -0.2) is 31.4 Å². The second-order valence-electron chi connectivity index (χ2n) is 8.10. The number of primary amides is 1. The zero-order chi connectivity index (χ0) is 21.0. The van der Waals surface area contributed by atoms with Crippen LogP contribution in [0.3, 0.4) is 0 Å². The number of hydrogen-bond acceptors (Lipinski definition) is 6. The van der Waals surface area contributed by atoms with E-state index < -0.39 is 5.91 Å². The van der Waals surface area contributed by atoms with Crippen molar-refractivity contribution in [2.24, 2.45) is 5.73 Å². The minimum absolute atomic E-state index is 0.0541. The summed E-state index contributed by atoms with van der Waals surface area (Å²) in [6, 6.07) is 4.45. The predicted octanol–water partition coefficient (Wildman–Crippen LogP) is 3.40. The lowest BCUT2D eigenvalue weighted by atomic mass is 10.1. The summed E-state index contributed by atoms with van der Waals surface area (Å²) in [6.07, 6.45) is 3.08. The fourth-order valence-corrected chi connectivity index (χ4v) is 3.64. The van der Waals surface area contributed by atoms with Gasteiger partial charge in [-0.3, -0.25) is 4.79 Å². The summed E-state index contributed by atoms with van der Waals surface area (Å²) >= 11 is 0. The monoisotopic (exact) mass is 408 g/mol. The Balaban J connectivity index is 1.49. The minimum Gasteiger partial charge on any atom is -0.442 e. The van der Waals surface area contributed by atoms with Crippen LogP contribution < -0.4 is 11.1 Å². The van der Waals surface area contributed by atoms with Crippen LogP contribution in [-0.2, 0) is 12.8 Å². The Labute approximate surface area is 171 Å². The number of anilines is 1. The summed E-state index contributed by atoms with van der Waals surface area (Å²) in [6.45, 7) is 3.79. The van der Waals surface area contributed by atoms with Crippen molar-refractivity contribution in [3.05, 3.63) is 47.0 Å². The quantitative estimate of drug-likeness (QED) is 0.449.